The molecule has 3 aromatic carbocycles. The molecule has 7 heteroatoms. The van der Waals surface area contributed by atoms with Crippen molar-refractivity contribution in [1.29, 1.82) is 0 Å². The van der Waals surface area contributed by atoms with E-state index >= 15 is 0 Å². The van der Waals surface area contributed by atoms with Gasteiger partial charge in [0.2, 0.25) is 5.95 Å². The molecule has 6 nitrogen and oxygen atoms in total. The van der Waals surface area contributed by atoms with Gasteiger partial charge >= 0.3 is 0 Å². The fourth-order valence-corrected chi connectivity index (χ4v) is 4.81. The highest BCUT2D eigenvalue weighted by Crippen LogP contribution is 2.31. The Balaban J connectivity index is 1.23. The SMILES string of the molecule is Cc1cc(C)nc(Nc2ccc(C(=O)Nc3ccc(-c4csc(-c5ccccc5C)n4)cc3)cc2)n1. The molecule has 0 bridgehead atoms. The molecule has 0 unspecified atom stereocenters. The zero-order chi connectivity index (χ0) is 25.1. The Hall–Kier alpha value is -4.36. The predicted octanol–water partition coefficient (Wildman–Crippen LogP) is 7.19. The van der Waals surface area contributed by atoms with Crippen molar-refractivity contribution >= 4 is 34.6 Å². The van der Waals surface area contributed by atoms with E-state index in [0.717, 1.165) is 44.6 Å². The summed E-state index contributed by atoms with van der Waals surface area (Å²) in [5, 5.41) is 9.20. The van der Waals surface area contributed by atoms with E-state index in [1.807, 2.05) is 68.4 Å². The fraction of sp³-hybridized carbons (Fsp3) is 0.103. The molecule has 0 saturated carbocycles. The maximum atomic E-state index is 12.8. The van der Waals surface area contributed by atoms with Crippen molar-refractivity contribution in [1.82, 2.24) is 15.0 Å². The van der Waals surface area contributed by atoms with E-state index in [4.69, 9.17) is 4.98 Å². The van der Waals surface area contributed by atoms with E-state index < -0.39 is 0 Å². The van der Waals surface area contributed by atoms with E-state index in [0.29, 0.717) is 11.5 Å². The van der Waals surface area contributed by atoms with Gasteiger partial charge in [0.05, 0.1) is 5.69 Å². The monoisotopic (exact) mass is 491 g/mol. The van der Waals surface area contributed by atoms with Gasteiger partial charge < -0.3 is 10.6 Å². The number of carbonyl (C=O) groups excluding carboxylic acids is 1. The van der Waals surface area contributed by atoms with Gasteiger partial charge in [-0.25, -0.2) is 15.0 Å². The second-order valence-corrected chi connectivity index (χ2v) is 9.42. The lowest BCUT2D eigenvalue weighted by atomic mass is 10.1. The van der Waals surface area contributed by atoms with E-state index in [1.54, 1.807) is 23.5 Å². The lowest BCUT2D eigenvalue weighted by Gasteiger charge is -2.09. The minimum Gasteiger partial charge on any atom is -0.324 e. The summed E-state index contributed by atoms with van der Waals surface area (Å²) in [4.78, 5) is 26.3. The molecule has 0 spiro atoms. The van der Waals surface area contributed by atoms with Crippen molar-refractivity contribution in [3.63, 3.8) is 0 Å². The average molecular weight is 492 g/mol. The predicted molar refractivity (Wildman–Crippen MR) is 147 cm³/mol. The number of aryl methyl sites for hydroxylation is 3. The second-order valence-electron chi connectivity index (χ2n) is 8.56. The Morgan fingerprint density at radius 2 is 1.44 bits per heavy atom. The normalized spacial score (nSPS) is 10.8. The van der Waals surface area contributed by atoms with Crippen LogP contribution in [-0.2, 0) is 0 Å². The van der Waals surface area contributed by atoms with Crippen LogP contribution in [-0.4, -0.2) is 20.9 Å². The number of hydrogen-bond acceptors (Lipinski definition) is 6. The summed E-state index contributed by atoms with van der Waals surface area (Å²) >= 11 is 1.63. The summed E-state index contributed by atoms with van der Waals surface area (Å²) in [6, 6.07) is 25.2. The summed E-state index contributed by atoms with van der Waals surface area (Å²) in [6.45, 7) is 5.95. The molecule has 0 saturated heterocycles. The summed E-state index contributed by atoms with van der Waals surface area (Å²) in [7, 11) is 0. The number of rotatable bonds is 6. The zero-order valence-electron chi connectivity index (χ0n) is 20.2. The van der Waals surface area contributed by atoms with Crippen LogP contribution in [0.5, 0.6) is 0 Å². The Bertz CT molecular complexity index is 1500. The molecule has 0 atom stereocenters. The maximum absolute atomic E-state index is 12.8. The molecular weight excluding hydrogens is 466 g/mol. The number of aromatic nitrogens is 3. The average Bonchev–Trinajstić information content (AvgIpc) is 3.35. The fourth-order valence-electron chi connectivity index (χ4n) is 3.89. The van der Waals surface area contributed by atoms with Crippen molar-refractivity contribution in [2.75, 3.05) is 10.6 Å². The Labute approximate surface area is 214 Å². The number of nitrogens with zero attached hydrogens (tertiary/aromatic N) is 3. The molecule has 36 heavy (non-hydrogen) atoms. The number of nitrogens with one attached hydrogen (secondary N) is 2. The zero-order valence-corrected chi connectivity index (χ0v) is 21.1. The molecule has 2 N–H and O–H groups in total. The molecule has 0 aliphatic rings. The van der Waals surface area contributed by atoms with E-state index in [2.05, 4.69) is 45.0 Å². The van der Waals surface area contributed by atoms with Gasteiger partial charge in [-0.2, -0.15) is 0 Å². The van der Waals surface area contributed by atoms with E-state index in [-0.39, 0.29) is 5.91 Å². The quantitative estimate of drug-likeness (QED) is 0.263. The third-order valence-corrected chi connectivity index (χ3v) is 6.58. The topological polar surface area (TPSA) is 79.8 Å². The van der Waals surface area contributed by atoms with Gasteiger partial charge in [0.25, 0.3) is 5.91 Å². The first-order valence-corrected chi connectivity index (χ1v) is 12.5. The molecular formula is C29H25N5OS. The lowest BCUT2D eigenvalue weighted by molar-refractivity contribution is 0.102. The van der Waals surface area contributed by atoms with Gasteiger partial charge in [-0.3, -0.25) is 4.79 Å². The van der Waals surface area contributed by atoms with Crippen molar-refractivity contribution in [3.05, 3.63) is 107 Å². The number of thiazole rings is 1. The molecule has 0 aliphatic carbocycles. The van der Waals surface area contributed by atoms with Crippen LogP contribution in [0.1, 0.15) is 27.3 Å². The minimum absolute atomic E-state index is 0.174. The third kappa shape index (κ3) is 5.31. The first-order valence-electron chi connectivity index (χ1n) is 11.6. The van der Waals surface area contributed by atoms with Gasteiger partial charge in [-0.1, -0.05) is 36.4 Å². The number of anilines is 3. The molecule has 2 heterocycles. The van der Waals surface area contributed by atoms with Crippen LogP contribution in [0.2, 0.25) is 0 Å². The number of hydrogen-bond donors (Lipinski definition) is 2. The van der Waals surface area contributed by atoms with Crippen LogP contribution in [0.3, 0.4) is 0 Å². The smallest absolute Gasteiger partial charge is 0.255 e. The van der Waals surface area contributed by atoms with E-state index in [1.165, 1.54) is 5.56 Å². The summed E-state index contributed by atoms with van der Waals surface area (Å²) in [5.41, 5.74) is 8.19. The molecule has 2 aromatic heterocycles. The van der Waals surface area contributed by atoms with Crippen LogP contribution in [0, 0.1) is 20.8 Å². The van der Waals surface area contributed by atoms with Crippen LogP contribution in [0.15, 0.2) is 84.2 Å². The summed E-state index contributed by atoms with van der Waals surface area (Å²) < 4.78 is 0. The van der Waals surface area contributed by atoms with Gasteiger partial charge in [-0.15, -0.1) is 11.3 Å². The highest BCUT2D eigenvalue weighted by atomic mass is 32.1. The maximum Gasteiger partial charge on any atom is 0.255 e. The molecule has 178 valence electrons. The standard InChI is InChI=1S/C29H25N5OS/c1-18-6-4-5-7-25(18)28-34-26(17-36-28)21-8-12-23(13-9-21)32-27(35)22-10-14-24(15-11-22)33-29-30-19(2)16-20(3)31-29/h4-17H,1-3H3,(H,32,35)(H,30,31,33). The van der Waals surface area contributed by atoms with Crippen LogP contribution in [0.25, 0.3) is 21.8 Å². The van der Waals surface area contributed by atoms with Gasteiger partial charge in [0.1, 0.15) is 5.01 Å². The second kappa shape index (κ2) is 10.1. The lowest BCUT2D eigenvalue weighted by Crippen LogP contribution is -2.11. The van der Waals surface area contributed by atoms with Crippen molar-refractivity contribution in [3.8, 4) is 21.8 Å². The molecule has 5 aromatic rings. The highest BCUT2D eigenvalue weighted by Gasteiger charge is 2.10. The molecule has 1 amide bonds. The number of amides is 1. The van der Waals surface area contributed by atoms with Gasteiger partial charge in [0, 0.05) is 44.8 Å². The number of carbonyl (C=O) groups is 1. The van der Waals surface area contributed by atoms with Crippen LogP contribution >= 0.6 is 11.3 Å². The first-order chi connectivity index (χ1) is 17.4. The van der Waals surface area contributed by atoms with Crippen LogP contribution in [0.4, 0.5) is 17.3 Å². The van der Waals surface area contributed by atoms with Crippen LogP contribution < -0.4 is 10.6 Å². The van der Waals surface area contributed by atoms with Gasteiger partial charge in [0.15, 0.2) is 0 Å². The highest BCUT2D eigenvalue weighted by molar-refractivity contribution is 7.13. The Kier molecular flexibility index (Phi) is 6.56. The Morgan fingerprint density at radius 1 is 0.778 bits per heavy atom. The molecule has 5 rings (SSSR count). The number of benzene rings is 3. The summed E-state index contributed by atoms with van der Waals surface area (Å²) in [5.74, 6) is 0.364. The molecule has 0 radical (unpaired) electrons. The minimum atomic E-state index is -0.174. The van der Waals surface area contributed by atoms with Crippen molar-refractivity contribution in [2.45, 2.75) is 20.8 Å². The van der Waals surface area contributed by atoms with Crippen molar-refractivity contribution < 1.29 is 4.79 Å². The third-order valence-electron chi connectivity index (χ3n) is 5.70. The van der Waals surface area contributed by atoms with E-state index in [9.17, 15) is 4.79 Å². The van der Waals surface area contributed by atoms with Crippen molar-refractivity contribution in [2.24, 2.45) is 0 Å². The Morgan fingerprint density at radius 3 is 2.14 bits per heavy atom. The molecule has 0 fully saturated rings. The first kappa shape index (κ1) is 23.4. The summed E-state index contributed by atoms with van der Waals surface area (Å²) in [6.07, 6.45) is 0. The largest absolute Gasteiger partial charge is 0.324 e. The van der Waals surface area contributed by atoms with Gasteiger partial charge in [-0.05, 0) is 68.8 Å². The molecule has 0 aliphatic heterocycles.